The maximum atomic E-state index is 5.51. The Labute approximate surface area is 81.9 Å². The number of rotatable bonds is 2. The molecular formula is C9H14N2OS. The zero-order valence-electron chi connectivity index (χ0n) is 7.53. The molecule has 0 radical (unpaired) electrons. The second-order valence-corrected chi connectivity index (χ2v) is 4.42. The van der Waals surface area contributed by atoms with Crippen molar-refractivity contribution in [3.63, 3.8) is 0 Å². The Balaban J connectivity index is 2.05. The highest BCUT2D eigenvalue weighted by Crippen LogP contribution is 2.29. The molecular weight excluding hydrogens is 184 g/mol. The van der Waals surface area contributed by atoms with Gasteiger partial charge in [-0.05, 0) is 12.8 Å². The van der Waals surface area contributed by atoms with Crippen LogP contribution in [0.1, 0.15) is 28.6 Å². The van der Waals surface area contributed by atoms with Crippen LogP contribution in [-0.2, 0) is 11.3 Å². The quantitative estimate of drug-likeness (QED) is 0.783. The van der Waals surface area contributed by atoms with Crippen molar-refractivity contribution in [3.05, 3.63) is 16.1 Å². The van der Waals surface area contributed by atoms with Crippen molar-refractivity contribution >= 4 is 11.3 Å². The van der Waals surface area contributed by atoms with Gasteiger partial charge in [-0.15, -0.1) is 11.3 Å². The van der Waals surface area contributed by atoms with Crippen LogP contribution < -0.4 is 5.73 Å². The minimum Gasteiger partial charge on any atom is -0.381 e. The van der Waals surface area contributed by atoms with Crippen LogP contribution in [0, 0.1) is 0 Å². The molecule has 0 bridgehead atoms. The molecule has 2 N–H and O–H groups in total. The highest BCUT2D eigenvalue weighted by atomic mass is 32.1. The monoisotopic (exact) mass is 198 g/mol. The minimum atomic E-state index is 0.554. The molecule has 0 aliphatic carbocycles. The van der Waals surface area contributed by atoms with Crippen LogP contribution in [0.5, 0.6) is 0 Å². The lowest BCUT2D eigenvalue weighted by molar-refractivity contribution is 0.0813. The first kappa shape index (κ1) is 9.12. The van der Waals surface area contributed by atoms with Gasteiger partial charge in [0.25, 0.3) is 0 Å². The summed E-state index contributed by atoms with van der Waals surface area (Å²) in [5.41, 5.74) is 5.51. The maximum Gasteiger partial charge on any atom is 0.106 e. The summed E-state index contributed by atoms with van der Waals surface area (Å²) < 4.78 is 5.43. The van der Waals surface area contributed by atoms with Gasteiger partial charge in [0.05, 0.1) is 6.61 Å². The smallest absolute Gasteiger partial charge is 0.106 e. The van der Waals surface area contributed by atoms with E-state index in [-0.39, 0.29) is 0 Å². The van der Waals surface area contributed by atoms with Gasteiger partial charge in [-0.3, -0.25) is 0 Å². The third-order valence-electron chi connectivity index (χ3n) is 2.31. The van der Waals surface area contributed by atoms with E-state index >= 15 is 0 Å². The van der Waals surface area contributed by atoms with Crippen LogP contribution in [0.25, 0.3) is 0 Å². The number of aromatic nitrogens is 1. The number of nitrogens with two attached hydrogens (primary N) is 1. The van der Waals surface area contributed by atoms with Crippen molar-refractivity contribution in [2.24, 2.45) is 5.73 Å². The van der Waals surface area contributed by atoms with Crippen LogP contribution in [-0.4, -0.2) is 18.2 Å². The van der Waals surface area contributed by atoms with Gasteiger partial charge in [-0.2, -0.15) is 0 Å². The summed E-state index contributed by atoms with van der Waals surface area (Å²) >= 11 is 1.72. The minimum absolute atomic E-state index is 0.554. The molecule has 72 valence electrons. The van der Waals surface area contributed by atoms with Gasteiger partial charge in [-0.25, -0.2) is 4.98 Å². The van der Waals surface area contributed by atoms with Crippen molar-refractivity contribution in [3.8, 4) is 0 Å². The first-order valence-corrected chi connectivity index (χ1v) is 5.44. The Kier molecular flexibility index (Phi) is 2.93. The molecule has 0 saturated carbocycles. The Hall–Kier alpha value is -0.450. The third-order valence-corrected chi connectivity index (χ3v) is 3.49. The average Bonchev–Trinajstić information content (AvgIpc) is 2.67. The number of hydrogen-bond donors (Lipinski definition) is 1. The van der Waals surface area contributed by atoms with Crippen LogP contribution in [0.2, 0.25) is 0 Å². The summed E-state index contributed by atoms with van der Waals surface area (Å²) in [6.07, 6.45) is 4.35. The molecule has 1 aromatic heterocycles. The highest BCUT2D eigenvalue weighted by molar-refractivity contribution is 7.11. The molecule has 1 aromatic rings. The fourth-order valence-corrected chi connectivity index (χ4v) is 2.49. The van der Waals surface area contributed by atoms with Gasteiger partial charge in [0.1, 0.15) is 5.01 Å². The van der Waals surface area contributed by atoms with E-state index in [1.807, 2.05) is 6.20 Å². The van der Waals surface area contributed by atoms with E-state index in [0.717, 1.165) is 18.2 Å². The molecule has 0 amide bonds. The molecule has 0 spiro atoms. The highest BCUT2D eigenvalue weighted by Gasteiger charge is 2.17. The molecule has 1 aliphatic heterocycles. The predicted octanol–water partition coefficient (Wildman–Crippen LogP) is 1.50. The molecule has 3 nitrogen and oxygen atoms in total. The van der Waals surface area contributed by atoms with Crippen LogP contribution >= 0.6 is 11.3 Å². The van der Waals surface area contributed by atoms with E-state index in [0.29, 0.717) is 12.5 Å². The molecule has 4 heteroatoms. The van der Waals surface area contributed by atoms with Crippen molar-refractivity contribution in [2.45, 2.75) is 25.3 Å². The second-order valence-electron chi connectivity index (χ2n) is 3.27. The van der Waals surface area contributed by atoms with Crippen LogP contribution in [0.3, 0.4) is 0 Å². The third kappa shape index (κ3) is 2.07. The number of ether oxygens (including phenoxy) is 1. The van der Waals surface area contributed by atoms with Gasteiger partial charge >= 0.3 is 0 Å². The van der Waals surface area contributed by atoms with Gasteiger partial charge < -0.3 is 10.5 Å². The fraction of sp³-hybridized carbons (Fsp3) is 0.667. The lowest BCUT2D eigenvalue weighted by Crippen LogP contribution is -2.14. The Morgan fingerprint density at radius 1 is 1.69 bits per heavy atom. The zero-order chi connectivity index (χ0) is 9.10. The van der Waals surface area contributed by atoms with Crippen molar-refractivity contribution in [2.75, 3.05) is 13.2 Å². The molecule has 2 heterocycles. The van der Waals surface area contributed by atoms with E-state index < -0.39 is 0 Å². The molecule has 1 saturated heterocycles. The SMILES string of the molecule is NCc1ncc(C2CCCOC2)s1. The van der Waals surface area contributed by atoms with Gasteiger partial charge in [0, 0.05) is 30.1 Å². The molecule has 1 unspecified atom stereocenters. The summed E-state index contributed by atoms with van der Waals surface area (Å²) in [6.45, 7) is 2.32. The van der Waals surface area contributed by atoms with Gasteiger partial charge in [0.15, 0.2) is 0 Å². The summed E-state index contributed by atoms with van der Waals surface area (Å²) in [5, 5.41) is 1.03. The lowest BCUT2D eigenvalue weighted by Gasteiger charge is -2.20. The second kappa shape index (κ2) is 4.17. The van der Waals surface area contributed by atoms with Crippen molar-refractivity contribution in [1.82, 2.24) is 4.98 Å². The van der Waals surface area contributed by atoms with Crippen molar-refractivity contribution in [1.29, 1.82) is 0 Å². The summed E-state index contributed by atoms with van der Waals surface area (Å²) in [5.74, 6) is 0.562. The van der Waals surface area contributed by atoms with Crippen LogP contribution in [0.15, 0.2) is 6.20 Å². The molecule has 0 aromatic carbocycles. The molecule has 1 fully saturated rings. The average molecular weight is 198 g/mol. The maximum absolute atomic E-state index is 5.51. The van der Waals surface area contributed by atoms with E-state index in [1.165, 1.54) is 17.7 Å². The first-order chi connectivity index (χ1) is 6.40. The molecule has 2 rings (SSSR count). The molecule has 1 aliphatic rings. The Bertz CT molecular complexity index is 268. The number of hydrogen-bond acceptors (Lipinski definition) is 4. The summed E-state index contributed by atoms with van der Waals surface area (Å²) in [7, 11) is 0. The summed E-state index contributed by atoms with van der Waals surface area (Å²) in [6, 6.07) is 0. The molecule has 1 atom stereocenters. The van der Waals surface area contributed by atoms with E-state index in [1.54, 1.807) is 11.3 Å². The van der Waals surface area contributed by atoms with E-state index in [4.69, 9.17) is 10.5 Å². The first-order valence-electron chi connectivity index (χ1n) is 4.62. The predicted molar refractivity (Wildman–Crippen MR) is 52.8 cm³/mol. The zero-order valence-corrected chi connectivity index (χ0v) is 8.35. The van der Waals surface area contributed by atoms with Crippen molar-refractivity contribution < 1.29 is 4.74 Å². The molecule has 13 heavy (non-hydrogen) atoms. The number of thiazole rings is 1. The Morgan fingerprint density at radius 2 is 2.62 bits per heavy atom. The standard InChI is InChI=1S/C9H14N2OS/c10-4-9-11-5-8(13-9)7-2-1-3-12-6-7/h5,7H,1-4,6,10H2. The van der Waals surface area contributed by atoms with E-state index in [9.17, 15) is 0 Å². The summed E-state index contributed by atoms with van der Waals surface area (Å²) in [4.78, 5) is 5.58. The number of nitrogens with zero attached hydrogens (tertiary/aromatic N) is 1. The fourth-order valence-electron chi connectivity index (χ4n) is 1.57. The van der Waals surface area contributed by atoms with E-state index in [2.05, 4.69) is 4.98 Å². The van der Waals surface area contributed by atoms with Gasteiger partial charge in [-0.1, -0.05) is 0 Å². The topological polar surface area (TPSA) is 48.1 Å². The lowest BCUT2D eigenvalue weighted by atomic mass is 10.0. The Morgan fingerprint density at radius 3 is 3.23 bits per heavy atom. The largest absolute Gasteiger partial charge is 0.381 e. The van der Waals surface area contributed by atoms with Gasteiger partial charge in [0.2, 0.25) is 0 Å². The normalized spacial score (nSPS) is 23.3. The van der Waals surface area contributed by atoms with Crippen LogP contribution in [0.4, 0.5) is 0 Å².